The summed E-state index contributed by atoms with van der Waals surface area (Å²) in [6.07, 6.45) is 2.16. The molecule has 0 unspecified atom stereocenters. The Kier molecular flexibility index (Phi) is 4.29. The molecule has 0 atom stereocenters. The van der Waals surface area contributed by atoms with Crippen LogP contribution in [-0.2, 0) is 10.5 Å². The van der Waals surface area contributed by atoms with Crippen molar-refractivity contribution in [2.24, 2.45) is 0 Å². The van der Waals surface area contributed by atoms with Crippen LogP contribution in [0.1, 0.15) is 18.4 Å². The Morgan fingerprint density at radius 1 is 1.53 bits per heavy atom. The Balaban J connectivity index is 1.79. The number of nitrogens with one attached hydrogen (secondary N) is 1. The molecule has 0 bridgehead atoms. The molecule has 0 saturated heterocycles. The van der Waals surface area contributed by atoms with E-state index >= 15 is 0 Å². The molecule has 2 nitrogen and oxygen atoms in total. The van der Waals surface area contributed by atoms with Crippen molar-refractivity contribution in [3.8, 4) is 0 Å². The lowest BCUT2D eigenvalue weighted by Crippen LogP contribution is -2.27. The van der Waals surface area contributed by atoms with Gasteiger partial charge in [0.25, 0.3) is 0 Å². The van der Waals surface area contributed by atoms with E-state index in [0.29, 0.717) is 28.1 Å². The van der Waals surface area contributed by atoms with Gasteiger partial charge in [-0.1, -0.05) is 17.7 Å². The van der Waals surface area contributed by atoms with Gasteiger partial charge in [0.1, 0.15) is 5.82 Å². The fourth-order valence-corrected chi connectivity index (χ4v) is 2.59. The summed E-state index contributed by atoms with van der Waals surface area (Å²) in [5.41, 5.74) is 0.471. The molecule has 0 radical (unpaired) electrons. The van der Waals surface area contributed by atoms with Gasteiger partial charge in [-0.15, -0.1) is 11.8 Å². The third kappa shape index (κ3) is 3.89. The molecule has 17 heavy (non-hydrogen) atoms. The zero-order chi connectivity index (χ0) is 12.3. The third-order valence-corrected chi connectivity index (χ3v) is 3.80. The molecule has 1 saturated carbocycles. The Hall–Kier alpha value is -0.740. The van der Waals surface area contributed by atoms with Gasteiger partial charge >= 0.3 is 0 Å². The first-order valence-electron chi connectivity index (χ1n) is 5.47. The van der Waals surface area contributed by atoms with Gasteiger partial charge in [0.2, 0.25) is 5.91 Å². The van der Waals surface area contributed by atoms with E-state index in [1.807, 2.05) is 0 Å². The number of benzene rings is 1. The molecule has 1 aliphatic carbocycles. The summed E-state index contributed by atoms with van der Waals surface area (Å²) in [5, 5.41) is 3.30. The molecule has 0 aromatic heterocycles. The van der Waals surface area contributed by atoms with Crippen molar-refractivity contribution in [3.05, 3.63) is 34.6 Å². The molecule has 0 spiro atoms. The van der Waals surface area contributed by atoms with E-state index in [0.717, 1.165) is 12.8 Å². The van der Waals surface area contributed by atoms with Crippen LogP contribution in [0.25, 0.3) is 0 Å². The summed E-state index contributed by atoms with van der Waals surface area (Å²) in [5.74, 6) is 0.475. The smallest absolute Gasteiger partial charge is 0.230 e. The standard InChI is InChI=1S/C12H13ClFNOS/c13-10-2-1-3-11(14)9(10)6-17-7-12(16)15-8-4-5-8/h1-3,8H,4-7H2,(H,15,16). The Labute approximate surface area is 109 Å². The number of rotatable bonds is 5. The van der Waals surface area contributed by atoms with Crippen molar-refractivity contribution in [2.45, 2.75) is 24.6 Å². The minimum Gasteiger partial charge on any atom is -0.353 e. The molecular formula is C12H13ClFNOS. The van der Waals surface area contributed by atoms with Crippen LogP contribution in [0.4, 0.5) is 4.39 Å². The van der Waals surface area contributed by atoms with Crippen molar-refractivity contribution in [3.63, 3.8) is 0 Å². The molecule has 1 aromatic carbocycles. The van der Waals surface area contributed by atoms with E-state index in [9.17, 15) is 9.18 Å². The Bertz CT molecular complexity index is 403. The zero-order valence-electron chi connectivity index (χ0n) is 9.21. The van der Waals surface area contributed by atoms with Crippen molar-refractivity contribution in [1.29, 1.82) is 0 Å². The van der Waals surface area contributed by atoms with Crippen LogP contribution < -0.4 is 5.32 Å². The van der Waals surface area contributed by atoms with Gasteiger partial charge in [0, 0.05) is 22.4 Å². The van der Waals surface area contributed by atoms with Gasteiger partial charge in [-0.05, 0) is 25.0 Å². The number of carbonyl (C=O) groups excluding carboxylic acids is 1. The van der Waals surface area contributed by atoms with E-state index in [-0.39, 0.29) is 11.7 Å². The molecule has 1 amide bonds. The number of hydrogen-bond donors (Lipinski definition) is 1. The minimum absolute atomic E-state index is 0.0185. The van der Waals surface area contributed by atoms with Gasteiger partial charge in [-0.2, -0.15) is 0 Å². The van der Waals surface area contributed by atoms with Crippen LogP contribution in [-0.4, -0.2) is 17.7 Å². The van der Waals surface area contributed by atoms with E-state index in [1.165, 1.54) is 17.8 Å². The molecule has 0 aliphatic heterocycles. The molecule has 1 fully saturated rings. The van der Waals surface area contributed by atoms with Crippen LogP contribution >= 0.6 is 23.4 Å². The highest BCUT2D eigenvalue weighted by Gasteiger charge is 2.22. The predicted octanol–water partition coefficient (Wildman–Crippen LogP) is 2.99. The van der Waals surface area contributed by atoms with Crippen molar-refractivity contribution in [1.82, 2.24) is 5.32 Å². The van der Waals surface area contributed by atoms with Crippen molar-refractivity contribution in [2.75, 3.05) is 5.75 Å². The van der Waals surface area contributed by atoms with Gasteiger partial charge in [0.15, 0.2) is 0 Å². The van der Waals surface area contributed by atoms with Gasteiger partial charge in [-0.3, -0.25) is 4.79 Å². The summed E-state index contributed by atoms with van der Waals surface area (Å²) in [6, 6.07) is 4.99. The normalized spacial score (nSPS) is 14.7. The second-order valence-corrected chi connectivity index (χ2v) is 5.43. The Morgan fingerprint density at radius 2 is 2.29 bits per heavy atom. The van der Waals surface area contributed by atoms with E-state index in [2.05, 4.69) is 5.32 Å². The fraction of sp³-hybridized carbons (Fsp3) is 0.417. The quantitative estimate of drug-likeness (QED) is 0.894. The highest BCUT2D eigenvalue weighted by atomic mass is 35.5. The summed E-state index contributed by atoms with van der Waals surface area (Å²) in [4.78, 5) is 11.4. The molecular weight excluding hydrogens is 261 g/mol. The second-order valence-electron chi connectivity index (χ2n) is 4.03. The zero-order valence-corrected chi connectivity index (χ0v) is 10.8. The number of amides is 1. The second kappa shape index (κ2) is 5.74. The first-order valence-corrected chi connectivity index (χ1v) is 7.00. The highest BCUT2D eigenvalue weighted by molar-refractivity contribution is 7.99. The first kappa shape index (κ1) is 12.7. The number of halogens is 2. The number of carbonyl (C=O) groups is 1. The molecule has 2 rings (SSSR count). The lowest BCUT2D eigenvalue weighted by molar-refractivity contribution is -0.118. The first-order chi connectivity index (χ1) is 8.16. The lowest BCUT2D eigenvalue weighted by Gasteiger charge is -2.06. The Morgan fingerprint density at radius 3 is 2.94 bits per heavy atom. The summed E-state index contributed by atoms with van der Waals surface area (Å²) < 4.78 is 13.4. The average molecular weight is 274 g/mol. The molecule has 5 heteroatoms. The molecule has 0 heterocycles. The van der Waals surface area contributed by atoms with Crippen molar-refractivity contribution >= 4 is 29.3 Å². The van der Waals surface area contributed by atoms with E-state index in [4.69, 9.17) is 11.6 Å². The van der Waals surface area contributed by atoms with E-state index in [1.54, 1.807) is 12.1 Å². The minimum atomic E-state index is -0.312. The maximum Gasteiger partial charge on any atom is 0.230 e. The molecule has 1 aliphatic rings. The summed E-state index contributed by atoms with van der Waals surface area (Å²) in [6.45, 7) is 0. The van der Waals surface area contributed by atoms with Gasteiger partial charge < -0.3 is 5.32 Å². The summed E-state index contributed by atoms with van der Waals surface area (Å²) in [7, 11) is 0. The molecule has 1 aromatic rings. The predicted molar refractivity (Wildman–Crippen MR) is 68.7 cm³/mol. The molecule has 1 N–H and O–H groups in total. The number of thioether (sulfide) groups is 1. The van der Waals surface area contributed by atoms with Crippen LogP contribution in [0.3, 0.4) is 0 Å². The van der Waals surface area contributed by atoms with Crippen molar-refractivity contribution < 1.29 is 9.18 Å². The van der Waals surface area contributed by atoms with Gasteiger partial charge in [0.05, 0.1) is 5.75 Å². The van der Waals surface area contributed by atoms with Gasteiger partial charge in [-0.25, -0.2) is 4.39 Å². The summed E-state index contributed by atoms with van der Waals surface area (Å²) >= 11 is 7.26. The lowest BCUT2D eigenvalue weighted by atomic mass is 10.2. The third-order valence-electron chi connectivity index (χ3n) is 2.48. The highest BCUT2D eigenvalue weighted by Crippen LogP contribution is 2.24. The van der Waals surface area contributed by atoms with Crippen LogP contribution in [0.2, 0.25) is 5.02 Å². The van der Waals surface area contributed by atoms with Crippen LogP contribution in [0, 0.1) is 5.82 Å². The monoisotopic (exact) mass is 273 g/mol. The fourth-order valence-electron chi connectivity index (χ4n) is 1.41. The maximum atomic E-state index is 13.4. The molecule has 92 valence electrons. The average Bonchev–Trinajstić information content (AvgIpc) is 3.06. The SMILES string of the molecule is O=C(CSCc1c(F)cccc1Cl)NC1CC1. The number of hydrogen-bond acceptors (Lipinski definition) is 2. The maximum absolute atomic E-state index is 13.4. The largest absolute Gasteiger partial charge is 0.353 e. The van der Waals surface area contributed by atoms with Crippen LogP contribution in [0.15, 0.2) is 18.2 Å². The van der Waals surface area contributed by atoms with E-state index < -0.39 is 0 Å². The topological polar surface area (TPSA) is 29.1 Å². The van der Waals surface area contributed by atoms with Crippen LogP contribution in [0.5, 0.6) is 0 Å².